The Morgan fingerprint density at radius 3 is 1.76 bits per heavy atom. The number of carbonyl (C=O) groups is 1. The van der Waals surface area contributed by atoms with Gasteiger partial charge in [0.05, 0.1) is 18.8 Å². The molecule has 202 valence electrons. The topological polar surface area (TPSA) is 110 Å². The van der Waals surface area contributed by atoms with E-state index in [-0.39, 0.29) is 0 Å². The SMILES string of the molecule is CCCCCC/C=C/CCCC(O)C(O)C(CO)NC(=O)C(O)CCCCCCCCCCC. The number of hydrogen-bond donors (Lipinski definition) is 5. The summed E-state index contributed by atoms with van der Waals surface area (Å²) in [5.74, 6) is -0.601. The fourth-order valence-electron chi connectivity index (χ4n) is 4.11. The van der Waals surface area contributed by atoms with Gasteiger partial charge in [-0.3, -0.25) is 4.79 Å². The molecule has 6 nitrogen and oxygen atoms in total. The first kappa shape index (κ1) is 33.0. The van der Waals surface area contributed by atoms with Crippen molar-refractivity contribution in [1.29, 1.82) is 0 Å². The van der Waals surface area contributed by atoms with Gasteiger partial charge in [0.1, 0.15) is 12.2 Å². The summed E-state index contributed by atoms with van der Waals surface area (Å²) < 4.78 is 0. The molecule has 0 heterocycles. The van der Waals surface area contributed by atoms with Gasteiger partial charge in [-0.2, -0.15) is 0 Å². The zero-order valence-corrected chi connectivity index (χ0v) is 22.1. The monoisotopic (exact) mass is 485 g/mol. The molecule has 0 aromatic heterocycles. The smallest absolute Gasteiger partial charge is 0.249 e. The Morgan fingerprint density at radius 1 is 0.706 bits per heavy atom. The van der Waals surface area contributed by atoms with Crippen molar-refractivity contribution >= 4 is 5.91 Å². The maximum Gasteiger partial charge on any atom is 0.249 e. The minimum atomic E-state index is -1.27. The van der Waals surface area contributed by atoms with E-state index >= 15 is 0 Å². The van der Waals surface area contributed by atoms with Crippen molar-refractivity contribution in [1.82, 2.24) is 5.32 Å². The Balaban J connectivity index is 4.02. The van der Waals surface area contributed by atoms with Gasteiger partial charge in [-0.25, -0.2) is 0 Å². The normalized spacial score (nSPS) is 15.4. The molecule has 0 bridgehead atoms. The largest absolute Gasteiger partial charge is 0.394 e. The fraction of sp³-hybridized carbons (Fsp3) is 0.893. The van der Waals surface area contributed by atoms with Crippen LogP contribution < -0.4 is 5.32 Å². The summed E-state index contributed by atoms with van der Waals surface area (Å²) in [5, 5.41) is 42.8. The first-order valence-electron chi connectivity index (χ1n) is 14.1. The van der Waals surface area contributed by atoms with Crippen LogP contribution in [0.15, 0.2) is 12.2 Å². The number of hydrogen-bond acceptors (Lipinski definition) is 5. The molecule has 34 heavy (non-hydrogen) atoms. The van der Waals surface area contributed by atoms with Crippen LogP contribution in [-0.2, 0) is 4.79 Å². The summed E-state index contributed by atoms with van der Waals surface area (Å²) >= 11 is 0. The third-order valence-corrected chi connectivity index (χ3v) is 6.48. The lowest BCUT2D eigenvalue weighted by Crippen LogP contribution is -2.53. The molecule has 0 aliphatic carbocycles. The Morgan fingerprint density at radius 2 is 1.21 bits per heavy atom. The predicted octanol–water partition coefficient (Wildman–Crippen LogP) is 5.16. The summed E-state index contributed by atoms with van der Waals surface area (Å²) in [5.41, 5.74) is 0. The Hall–Kier alpha value is -0.950. The minimum absolute atomic E-state index is 0.364. The summed E-state index contributed by atoms with van der Waals surface area (Å²) in [7, 11) is 0. The highest BCUT2D eigenvalue weighted by Crippen LogP contribution is 2.13. The molecule has 0 radical (unpaired) electrons. The number of unbranched alkanes of at least 4 members (excludes halogenated alkanes) is 13. The Kier molecular flexibility index (Phi) is 23.1. The van der Waals surface area contributed by atoms with Crippen LogP contribution in [0.25, 0.3) is 0 Å². The van der Waals surface area contributed by atoms with Crippen LogP contribution in [0.1, 0.15) is 129 Å². The lowest BCUT2D eigenvalue weighted by Gasteiger charge is -2.27. The molecule has 0 aromatic rings. The van der Waals surface area contributed by atoms with Crippen LogP contribution in [0.5, 0.6) is 0 Å². The molecule has 0 saturated carbocycles. The number of rotatable bonds is 24. The molecule has 1 amide bonds. The van der Waals surface area contributed by atoms with Gasteiger partial charge in [0.2, 0.25) is 5.91 Å². The molecule has 6 heteroatoms. The third-order valence-electron chi connectivity index (χ3n) is 6.48. The van der Waals surface area contributed by atoms with Gasteiger partial charge in [-0.1, -0.05) is 103 Å². The standard InChI is InChI=1S/C28H55NO5/c1-3-5-7-9-11-13-15-17-19-21-25(31)27(33)24(23-30)29-28(34)26(32)22-20-18-16-14-12-10-8-6-4-2/h13,15,24-27,30-33H,3-12,14,16-23H2,1-2H3,(H,29,34)/b15-13+. The molecule has 5 N–H and O–H groups in total. The van der Waals surface area contributed by atoms with Gasteiger partial charge in [-0.05, 0) is 38.5 Å². The van der Waals surface area contributed by atoms with E-state index in [9.17, 15) is 25.2 Å². The summed E-state index contributed by atoms with van der Waals surface area (Å²) in [6.07, 6.45) is 19.6. The van der Waals surface area contributed by atoms with Crippen LogP contribution in [0.4, 0.5) is 0 Å². The predicted molar refractivity (Wildman–Crippen MR) is 141 cm³/mol. The van der Waals surface area contributed by atoms with E-state index in [0.717, 1.165) is 38.5 Å². The highest BCUT2D eigenvalue weighted by Gasteiger charge is 2.28. The van der Waals surface area contributed by atoms with Gasteiger partial charge in [0.25, 0.3) is 0 Å². The fourth-order valence-corrected chi connectivity index (χ4v) is 4.11. The Bertz CT molecular complexity index is 485. The van der Waals surface area contributed by atoms with Crippen molar-refractivity contribution in [3.63, 3.8) is 0 Å². The van der Waals surface area contributed by atoms with E-state index in [1.807, 2.05) is 0 Å². The molecule has 4 atom stereocenters. The molecular weight excluding hydrogens is 430 g/mol. The van der Waals surface area contributed by atoms with Gasteiger partial charge in [-0.15, -0.1) is 0 Å². The number of aliphatic hydroxyl groups is 4. The van der Waals surface area contributed by atoms with E-state index in [2.05, 4.69) is 31.3 Å². The minimum Gasteiger partial charge on any atom is -0.394 e. The summed E-state index contributed by atoms with van der Waals surface area (Å²) in [6.45, 7) is 3.92. The molecule has 4 unspecified atom stereocenters. The molecule has 0 aliphatic rings. The first-order chi connectivity index (χ1) is 16.5. The first-order valence-corrected chi connectivity index (χ1v) is 14.1. The number of aliphatic hydroxyl groups excluding tert-OH is 4. The van der Waals surface area contributed by atoms with Crippen LogP contribution in [-0.4, -0.2) is 57.3 Å². The van der Waals surface area contributed by atoms with E-state index in [1.54, 1.807) is 0 Å². The van der Waals surface area contributed by atoms with Crippen LogP contribution in [0, 0.1) is 0 Å². The average molecular weight is 486 g/mol. The number of nitrogens with one attached hydrogen (secondary N) is 1. The maximum absolute atomic E-state index is 12.3. The second-order valence-corrected chi connectivity index (χ2v) is 9.74. The molecule has 0 rings (SSSR count). The lowest BCUT2D eigenvalue weighted by atomic mass is 10.00. The van der Waals surface area contributed by atoms with Gasteiger partial charge in [0, 0.05) is 0 Å². The second-order valence-electron chi connectivity index (χ2n) is 9.74. The molecular formula is C28H55NO5. The van der Waals surface area contributed by atoms with Gasteiger partial charge in [0.15, 0.2) is 0 Å². The highest BCUT2D eigenvalue weighted by molar-refractivity contribution is 5.80. The Labute approximate surface area is 209 Å². The van der Waals surface area contributed by atoms with Crippen LogP contribution in [0.2, 0.25) is 0 Å². The second kappa shape index (κ2) is 23.8. The van der Waals surface area contributed by atoms with E-state index in [4.69, 9.17) is 0 Å². The molecule has 0 aliphatic heterocycles. The maximum atomic E-state index is 12.3. The molecule has 0 spiro atoms. The molecule has 0 fully saturated rings. The third kappa shape index (κ3) is 18.4. The van der Waals surface area contributed by atoms with Crippen molar-refractivity contribution in [3.8, 4) is 0 Å². The van der Waals surface area contributed by atoms with Crippen molar-refractivity contribution in [3.05, 3.63) is 12.2 Å². The number of allylic oxidation sites excluding steroid dienone is 2. The zero-order chi connectivity index (χ0) is 25.4. The molecule has 0 aromatic carbocycles. The number of carbonyl (C=O) groups excluding carboxylic acids is 1. The lowest BCUT2D eigenvalue weighted by molar-refractivity contribution is -0.132. The van der Waals surface area contributed by atoms with Crippen molar-refractivity contribution in [2.45, 2.75) is 154 Å². The van der Waals surface area contributed by atoms with Crippen molar-refractivity contribution in [2.24, 2.45) is 0 Å². The summed E-state index contributed by atoms with van der Waals surface area (Å²) in [6, 6.07) is -0.991. The van der Waals surface area contributed by atoms with Gasteiger partial charge >= 0.3 is 0 Å². The highest BCUT2D eigenvalue weighted by atomic mass is 16.3. The zero-order valence-electron chi connectivity index (χ0n) is 22.1. The van der Waals surface area contributed by atoms with Crippen molar-refractivity contribution < 1.29 is 25.2 Å². The van der Waals surface area contributed by atoms with Crippen molar-refractivity contribution in [2.75, 3.05) is 6.61 Å². The van der Waals surface area contributed by atoms with E-state index in [1.165, 1.54) is 64.2 Å². The summed E-state index contributed by atoms with van der Waals surface area (Å²) in [4.78, 5) is 12.3. The molecule has 0 saturated heterocycles. The van der Waals surface area contributed by atoms with E-state index in [0.29, 0.717) is 12.8 Å². The number of amides is 1. The van der Waals surface area contributed by atoms with Gasteiger partial charge < -0.3 is 25.7 Å². The van der Waals surface area contributed by atoms with Crippen LogP contribution in [0.3, 0.4) is 0 Å². The quantitative estimate of drug-likeness (QED) is 0.0957. The van der Waals surface area contributed by atoms with Crippen LogP contribution >= 0.6 is 0 Å². The average Bonchev–Trinajstić information content (AvgIpc) is 2.84. The van der Waals surface area contributed by atoms with E-state index < -0.39 is 36.9 Å².